The molecule has 216 valence electrons. The molecule has 9 heteroatoms. The Morgan fingerprint density at radius 1 is 0.925 bits per heavy atom. The van der Waals surface area contributed by atoms with Crippen LogP contribution in [0.3, 0.4) is 0 Å². The van der Waals surface area contributed by atoms with Crippen LogP contribution in [0, 0.1) is 5.41 Å². The number of carboxylic acid groups (broad SMARTS) is 1. The summed E-state index contributed by atoms with van der Waals surface area (Å²) in [6, 6.07) is 18.1. The van der Waals surface area contributed by atoms with Crippen molar-refractivity contribution in [3.8, 4) is 11.1 Å². The van der Waals surface area contributed by atoms with E-state index in [4.69, 9.17) is 19.3 Å². The molecular weight excluding hydrogens is 514 g/mol. The molecule has 1 amide bonds. The largest absolute Gasteiger partial charge is 0.508 e. The number of carboxylic acids is 1. The number of amides is 1. The van der Waals surface area contributed by atoms with Gasteiger partial charge < -0.3 is 24.6 Å². The second kappa shape index (κ2) is 13.5. The lowest BCUT2D eigenvalue weighted by Gasteiger charge is -2.24. The Bertz CT molecular complexity index is 1180. The van der Waals surface area contributed by atoms with Crippen molar-refractivity contribution in [1.29, 1.82) is 0 Å². The van der Waals surface area contributed by atoms with Gasteiger partial charge in [0.15, 0.2) is 0 Å². The van der Waals surface area contributed by atoms with Crippen LogP contribution < -0.4 is 5.32 Å². The second-order valence-electron chi connectivity index (χ2n) is 11.4. The fraction of sp³-hybridized carbons (Fsp3) is 0.484. The number of rotatable bonds is 14. The zero-order chi connectivity index (χ0) is 29.3. The highest BCUT2D eigenvalue weighted by Gasteiger charge is 2.55. The van der Waals surface area contributed by atoms with Gasteiger partial charge in [0.2, 0.25) is 5.91 Å². The molecule has 0 aliphatic heterocycles. The van der Waals surface area contributed by atoms with E-state index in [1.54, 1.807) is 13.8 Å². The van der Waals surface area contributed by atoms with E-state index in [2.05, 4.69) is 5.32 Å². The number of benzene rings is 2. The predicted octanol–water partition coefficient (Wildman–Crippen LogP) is 5.47. The van der Waals surface area contributed by atoms with E-state index in [1.807, 2.05) is 68.4 Å². The molecule has 9 nitrogen and oxygen atoms in total. The first-order valence-corrected chi connectivity index (χ1v) is 13.6. The third-order valence-electron chi connectivity index (χ3n) is 6.76. The van der Waals surface area contributed by atoms with E-state index in [0.717, 1.165) is 16.7 Å². The first-order valence-electron chi connectivity index (χ1n) is 13.6. The number of aliphatic carboxylic acids is 1. The molecule has 2 aromatic rings. The average molecular weight is 554 g/mol. The molecular formula is C31H39NO8. The van der Waals surface area contributed by atoms with E-state index in [1.165, 1.54) is 0 Å². The Hall–Kier alpha value is -3.88. The van der Waals surface area contributed by atoms with E-state index in [-0.39, 0.29) is 50.4 Å². The first kappa shape index (κ1) is 30.7. The van der Waals surface area contributed by atoms with Crippen LogP contribution in [0.15, 0.2) is 54.6 Å². The van der Waals surface area contributed by atoms with Gasteiger partial charge >= 0.3 is 18.1 Å². The number of carbonyl (C=O) groups is 4. The summed E-state index contributed by atoms with van der Waals surface area (Å²) in [4.78, 5) is 47.8. The average Bonchev–Trinajstić information content (AvgIpc) is 3.62. The Morgan fingerprint density at radius 2 is 1.55 bits per heavy atom. The van der Waals surface area contributed by atoms with Crippen LogP contribution in [0.4, 0.5) is 4.79 Å². The summed E-state index contributed by atoms with van der Waals surface area (Å²) < 4.78 is 15.5. The molecule has 3 rings (SSSR count). The minimum atomic E-state index is -1.04. The van der Waals surface area contributed by atoms with Crippen molar-refractivity contribution in [3.05, 3.63) is 60.2 Å². The summed E-state index contributed by atoms with van der Waals surface area (Å²) in [5.41, 5.74) is 1.96. The number of hydrogen-bond donors (Lipinski definition) is 2. The summed E-state index contributed by atoms with van der Waals surface area (Å²) in [5, 5.41) is 12.0. The van der Waals surface area contributed by atoms with Crippen molar-refractivity contribution in [2.24, 2.45) is 5.41 Å². The number of esters is 1. The van der Waals surface area contributed by atoms with Gasteiger partial charge in [0.1, 0.15) is 6.61 Å². The van der Waals surface area contributed by atoms with Gasteiger partial charge in [-0.15, -0.1) is 0 Å². The molecule has 2 aromatic carbocycles. The molecule has 40 heavy (non-hydrogen) atoms. The zero-order valence-electron chi connectivity index (χ0n) is 23.6. The Kier molecular flexibility index (Phi) is 10.3. The highest BCUT2D eigenvalue weighted by Crippen LogP contribution is 2.54. The minimum Gasteiger partial charge on any atom is -0.481 e. The van der Waals surface area contributed by atoms with E-state index in [0.29, 0.717) is 12.8 Å². The van der Waals surface area contributed by atoms with Gasteiger partial charge in [-0.3, -0.25) is 14.4 Å². The number of ether oxygens (including phenoxy) is 3. The van der Waals surface area contributed by atoms with Crippen LogP contribution in [0.25, 0.3) is 11.1 Å². The number of carbonyl (C=O) groups excluding carboxylic acids is 3. The molecule has 0 bridgehead atoms. The van der Waals surface area contributed by atoms with Crippen LogP contribution in [-0.4, -0.2) is 54.0 Å². The third kappa shape index (κ3) is 9.39. The van der Waals surface area contributed by atoms with Gasteiger partial charge in [-0.05, 0) is 43.4 Å². The summed E-state index contributed by atoms with van der Waals surface area (Å²) in [5.74, 6) is -1.83. The van der Waals surface area contributed by atoms with Gasteiger partial charge in [0.25, 0.3) is 0 Å². The molecule has 0 aromatic heterocycles. The smallest absolute Gasteiger partial charge is 0.481 e. The molecule has 1 unspecified atom stereocenters. The van der Waals surface area contributed by atoms with Crippen LogP contribution in [0.5, 0.6) is 0 Å². The van der Waals surface area contributed by atoms with Crippen molar-refractivity contribution in [1.82, 2.24) is 5.32 Å². The van der Waals surface area contributed by atoms with Crippen LogP contribution in [0.1, 0.15) is 71.3 Å². The standard InChI is InChI=1S/C31H39NO8/c1-21(2)40-29(37)39-20-30(3,4)19-38-28(36)16-17-31(32-26(33)14-15-27(34)35)18-25(31)24-12-10-23(11-13-24)22-8-6-5-7-9-22/h5-13,21,25H,14-20H2,1-4H3,(H,32,33)(H,34,35)/t25-,31?/m1/s1. The quantitative estimate of drug-likeness (QED) is 0.295. The second-order valence-corrected chi connectivity index (χ2v) is 11.4. The molecule has 1 aliphatic rings. The summed E-state index contributed by atoms with van der Waals surface area (Å²) in [6.07, 6.45) is -0.389. The van der Waals surface area contributed by atoms with Crippen LogP contribution in [0.2, 0.25) is 0 Å². The fourth-order valence-corrected chi connectivity index (χ4v) is 4.51. The topological polar surface area (TPSA) is 128 Å². The molecule has 1 fully saturated rings. The predicted molar refractivity (Wildman–Crippen MR) is 149 cm³/mol. The van der Waals surface area contributed by atoms with Crippen molar-refractivity contribution in [2.75, 3.05) is 13.2 Å². The first-order chi connectivity index (χ1) is 18.9. The molecule has 2 N–H and O–H groups in total. The lowest BCUT2D eigenvalue weighted by molar-refractivity contribution is -0.148. The van der Waals surface area contributed by atoms with Crippen LogP contribution >= 0.6 is 0 Å². The molecule has 1 aliphatic carbocycles. The molecule has 0 radical (unpaired) electrons. The van der Waals surface area contributed by atoms with Crippen molar-refractivity contribution in [3.63, 3.8) is 0 Å². The van der Waals surface area contributed by atoms with E-state index < -0.39 is 29.0 Å². The van der Waals surface area contributed by atoms with Gasteiger partial charge in [-0.25, -0.2) is 4.79 Å². The molecule has 0 saturated heterocycles. The molecule has 0 spiro atoms. The maximum atomic E-state index is 12.6. The van der Waals surface area contributed by atoms with Crippen molar-refractivity contribution >= 4 is 24.0 Å². The highest BCUT2D eigenvalue weighted by molar-refractivity contribution is 5.82. The van der Waals surface area contributed by atoms with Gasteiger partial charge in [0.05, 0.1) is 19.1 Å². The van der Waals surface area contributed by atoms with Crippen molar-refractivity contribution < 1.29 is 38.5 Å². The minimum absolute atomic E-state index is 0.00397. The maximum Gasteiger partial charge on any atom is 0.508 e. The molecule has 1 saturated carbocycles. The monoisotopic (exact) mass is 553 g/mol. The Balaban J connectivity index is 1.59. The fourth-order valence-electron chi connectivity index (χ4n) is 4.51. The molecule has 2 atom stereocenters. The van der Waals surface area contributed by atoms with E-state index in [9.17, 15) is 19.2 Å². The lowest BCUT2D eigenvalue weighted by atomic mass is 9.96. The van der Waals surface area contributed by atoms with Gasteiger partial charge in [-0.1, -0.05) is 68.4 Å². The van der Waals surface area contributed by atoms with Gasteiger partial charge in [0, 0.05) is 29.7 Å². The van der Waals surface area contributed by atoms with E-state index >= 15 is 0 Å². The highest BCUT2D eigenvalue weighted by atomic mass is 16.7. The zero-order valence-corrected chi connectivity index (χ0v) is 23.6. The summed E-state index contributed by atoms with van der Waals surface area (Å²) in [6.45, 7) is 7.13. The Morgan fingerprint density at radius 3 is 2.17 bits per heavy atom. The normalized spacial score (nSPS) is 18.1. The van der Waals surface area contributed by atoms with Crippen molar-refractivity contribution in [2.45, 2.75) is 77.4 Å². The Labute approximate surface area is 235 Å². The van der Waals surface area contributed by atoms with Crippen LogP contribution in [-0.2, 0) is 28.6 Å². The number of nitrogens with one attached hydrogen (secondary N) is 1. The third-order valence-corrected chi connectivity index (χ3v) is 6.76. The number of hydrogen-bond acceptors (Lipinski definition) is 7. The van der Waals surface area contributed by atoms with Gasteiger partial charge in [-0.2, -0.15) is 0 Å². The molecule has 0 heterocycles. The summed E-state index contributed by atoms with van der Waals surface area (Å²) in [7, 11) is 0. The SMILES string of the molecule is CC(C)OC(=O)OCC(C)(C)COC(=O)CCC1(NC(=O)CCC(=O)O)C[C@@H]1c1ccc(-c2ccccc2)cc1. The summed E-state index contributed by atoms with van der Waals surface area (Å²) >= 11 is 0. The lowest BCUT2D eigenvalue weighted by Crippen LogP contribution is -2.39. The maximum absolute atomic E-state index is 12.6.